The van der Waals surface area contributed by atoms with Gasteiger partial charge in [0.1, 0.15) is 0 Å². The Morgan fingerprint density at radius 2 is 1.05 bits per heavy atom. The van der Waals surface area contributed by atoms with Gasteiger partial charge in [0.15, 0.2) is 17.4 Å². The summed E-state index contributed by atoms with van der Waals surface area (Å²) >= 11 is 0. The maximum atomic E-state index is 5.00. The maximum absolute atomic E-state index is 5.00. The van der Waals surface area contributed by atoms with Crippen LogP contribution >= 0.6 is 13.5 Å². The number of rotatable bonds is 0. The molecule has 0 aromatic rings. The molecular formula is H60AgAlAsAuB3BaBeBiCaCdCoCrCsCuFeGaGeHfHgInIrKLaLiMgMnMoNaNbNiOsPbPdPoPtRbReRhRuSSbScSeSiSnSrTaTcTeTiTlVWYZnZr. The summed E-state index contributed by atoms with van der Waals surface area (Å²) in [4.78, 5) is 0. The summed E-state index contributed by atoms with van der Waals surface area (Å²) in [6.07, 6.45) is 0. The first-order valence-electron chi connectivity index (χ1n) is 1.33. The largest absolute Gasteiger partial charge is 0 e. The summed E-state index contributed by atoms with van der Waals surface area (Å²) in [5.74, 6) is 0. The van der Waals surface area contributed by atoms with Crippen molar-refractivity contribution in [3.05, 3.63) is 0 Å². The summed E-state index contributed by atoms with van der Waals surface area (Å²) in [5, 5.41) is 0. The Kier molecular flexibility index (Phi) is 4410. The van der Waals surface area contributed by atoms with Crippen LogP contribution in [0.25, 0.3) is 0 Å². The van der Waals surface area contributed by atoms with E-state index in [2.05, 4.69) is 15.5 Å². The Bertz CT molecular complexity index is 395. The van der Waals surface area contributed by atoms with Crippen molar-refractivity contribution in [1.29, 1.82) is 0 Å². The maximum Gasteiger partial charge on any atom is 0 e. The summed E-state index contributed by atoms with van der Waals surface area (Å²) < 4.78 is 10.0. The van der Waals surface area contributed by atoms with Crippen LogP contribution in [0.2, 0.25) is 0 Å². The molecule has 58 heavy (non-hydrogen) atoms. The van der Waals surface area contributed by atoms with Crippen molar-refractivity contribution in [2.45, 2.75) is 0 Å². The molecule has 58 heteroatoms. The van der Waals surface area contributed by atoms with Crippen molar-refractivity contribution < 1.29 is 908 Å². The fourth-order valence-corrected chi connectivity index (χ4v) is 0. The van der Waals surface area contributed by atoms with Gasteiger partial charge in [-0.3, -0.25) is 0 Å². The van der Waals surface area contributed by atoms with E-state index in [9.17, 15) is 0 Å². The Labute approximate surface area is 1370 Å². The minimum absolute atomic E-state index is 0. The Morgan fingerprint density at radius 1 is 1.05 bits per heavy atom. The fourth-order valence-electron chi connectivity index (χ4n) is 0. The van der Waals surface area contributed by atoms with Gasteiger partial charge < -0.3 is 21.4 Å². The van der Waals surface area contributed by atoms with Crippen molar-refractivity contribution in [3.8, 4) is 0 Å². The molecule has 0 saturated carbocycles. The van der Waals surface area contributed by atoms with E-state index in [-0.39, 0.29) is 1400 Å². The molecule has 27 radical (unpaired) electrons. The van der Waals surface area contributed by atoms with E-state index < -0.39 is 0 Å². The molecule has 0 aromatic carbocycles. The van der Waals surface area contributed by atoms with Crippen molar-refractivity contribution >= 4 is 509 Å². The fraction of sp³-hybridized carbons (Fsp3) is 0. The Hall–Kier alpha value is 44.1. The summed E-state index contributed by atoms with van der Waals surface area (Å²) in [5.41, 5.74) is 0. The molecule has 0 spiro atoms. The molecule has 0 aliphatic carbocycles. The van der Waals surface area contributed by atoms with Gasteiger partial charge >= 0.3 is 670 Å². The van der Waals surface area contributed by atoms with E-state index in [0.717, 1.165) is 0 Å². The first-order chi connectivity index (χ1) is 2.00. The van der Waals surface area contributed by atoms with Crippen LogP contribution in [0.3, 0.4) is 0 Å². The smallest absolute Gasteiger partial charge is 0 e. The SMILES string of the molecule is S.[3HH].[3H][3H].[Ag].[AlH3].[AsH3].[Au].[B].[B][B].[Ba+2].[Be+2].[BiH3].[Ca+2].[Cd].[Co].[Cr].[Cs+].[Cu].[Fe].[GaH3].[GeH4].[H-].[H-].[H-].[H-].[H-].[H-].[H-].[H-].[H-].[H-].[H-].[H-].[H-].[H-].[H-].[Hf].[Hg].[InH3].[Ir].[K+].[La].[Li+].[Mg+2].[Mn].[Mo].[Na+].[Nb].[Ni].[Os].[PbH2].[Pd].[PoH2].[Pt].[Rb+].[Re].[Rh].[Ru].[SbH3].[Sc].[SeH2].[SiH4].[SnH2].[Sr+2].[Ta].[Tc].[TeH2].[Ti].[TlH3].[V].[W].[Y].[Zn].[Zr]. The monoisotopic (exact) mass is 5780 g/mol. The minimum atomic E-state index is 0. The molecule has 346 valence electrons. The molecule has 1 atom stereocenters. The molecule has 0 aliphatic rings. The van der Waals surface area contributed by atoms with E-state index >= 15 is 0 Å². The van der Waals surface area contributed by atoms with E-state index in [4.69, 9.17) is 2.97 Å². The average Bonchev–Trinajstić information content (AvgIpc) is 1.50. The van der Waals surface area contributed by atoms with Crippen LogP contribution < -0.4 is 227 Å². The first-order valence-corrected chi connectivity index (χ1v) is 0.333. The van der Waals surface area contributed by atoms with Crippen LogP contribution in [0.1, 0.15) is 25.8 Å². The predicted molar refractivity (Wildman–Crippen MR) is 212 cm³/mol. The zero-order valence-electron chi connectivity index (χ0n) is 45.8. The quantitative estimate of drug-likeness (QED) is 0.212. The topological polar surface area (TPSA) is 0 Å². The van der Waals surface area contributed by atoms with E-state index in [1.807, 2.05) is 0 Å². The molecule has 0 bridgehead atoms. The Balaban J connectivity index is -0.00000000000751. The first kappa shape index (κ1) is 491. The van der Waals surface area contributed by atoms with Gasteiger partial charge in [-0.15, -0.1) is 0 Å². The molecule has 0 N–H and O–H groups in total. The summed E-state index contributed by atoms with van der Waals surface area (Å²) in [6, 6.07) is 0. The van der Waals surface area contributed by atoms with Crippen molar-refractivity contribution in [1.82, 2.24) is 0 Å². The second-order valence-electron chi connectivity index (χ2n) is 0. The van der Waals surface area contributed by atoms with Crippen LogP contribution in [0.15, 0.2) is 0 Å². The van der Waals surface area contributed by atoms with Crippen LogP contribution in [-0.2, 0) is 620 Å². The Morgan fingerprint density at radius 3 is 1.05 bits per heavy atom. The molecule has 0 rings (SSSR count). The van der Waals surface area contributed by atoms with Crippen LogP contribution in [0.5, 0.6) is 0 Å². The van der Waals surface area contributed by atoms with Gasteiger partial charge in [0.25, 0.3) is 0 Å². The second-order valence-corrected chi connectivity index (χ2v) is 0. The van der Waals surface area contributed by atoms with Gasteiger partial charge in [-0.25, -0.2) is 0 Å². The van der Waals surface area contributed by atoms with E-state index in [1.54, 1.807) is 0 Å². The molecule has 0 saturated heterocycles. The van der Waals surface area contributed by atoms with Gasteiger partial charge in [0.2, 0.25) is 0 Å². The third-order valence-electron chi connectivity index (χ3n) is 0. The van der Waals surface area contributed by atoms with E-state index in [1.165, 1.54) is 0 Å². The van der Waals surface area contributed by atoms with Crippen LogP contribution in [0, 0.1) is 35.6 Å². The zero-order chi connectivity index (χ0) is 4.00. The molecule has 1 unspecified atom stereocenters. The van der Waals surface area contributed by atoms with Crippen LogP contribution in [0.4, 0.5) is 0 Å². The summed E-state index contributed by atoms with van der Waals surface area (Å²) in [6.45, 7) is 0. The minimum Gasteiger partial charge on any atom is 0 e. The molecule has 0 aliphatic heterocycles. The molecule has 0 heterocycles. The van der Waals surface area contributed by atoms with Gasteiger partial charge in [0.05, 0.1) is 0 Å². The molecule has 0 aromatic heterocycles. The molecule has 0 fully saturated rings. The average molecular weight is 5770 g/mol. The van der Waals surface area contributed by atoms with E-state index in [0.29, 0.717) is 0 Å². The van der Waals surface area contributed by atoms with Crippen molar-refractivity contribution in [2.24, 2.45) is 0 Å². The zero-order valence-corrected chi connectivity index (χ0v) is 156. The third kappa shape index (κ3) is 505. The van der Waals surface area contributed by atoms with Crippen molar-refractivity contribution in [2.75, 3.05) is 0 Å². The molecular weight excluding hydrogens is 5710 g/mol. The second kappa shape index (κ2) is 521. The van der Waals surface area contributed by atoms with Crippen LogP contribution in [-0.4, -0.2) is 495 Å². The number of hydrogen-bond donors (Lipinski definition) is 0. The summed E-state index contributed by atoms with van der Waals surface area (Å²) in [7, 11) is 8.00. The normalized spacial score (nSPS) is 0.207. The predicted octanol–water partition coefficient (Wildman–Crippen LogP) is -31.6. The van der Waals surface area contributed by atoms with Gasteiger partial charge in [-0.2, -0.15) is 13.5 Å². The van der Waals surface area contributed by atoms with Gasteiger partial charge in [0, 0.05) is 684 Å². The molecule has 0 nitrogen and oxygen atoms in total. The van der Waals surface area contributed by atoms with Gasteiger partial charge in [-0.05, 0) is 11.0 Å². The van der Waals surface area contributed by atoms with Gasteiger partial charge in [-0.1, -0.05) is 0 Å². The van der Waals surface area contributed by atoms with Crippen molar-refractivity contribution in [3.63, 3.8) is 0 Å². The standard InChI is InChI=1S/Ag.Al.AsH3.Au.B2.B.Ba.Be.Bi.Ca.Cd.Co.Cr.Cs.Cu.Fe.Ga.GeH4.Hf.Hg.In.Ir.K.La.Li.Mg.Mn.Mo.Na.Nb.Ni.Os.Pb.Pd.Po.Pt.Rb.Re.Rh.Ru.H2S.Sb.Sc.H2Se.H4Si.Sn.Sr.Ta.Tc.H2Te.Ti.Tl.V.W.Y.Zn.Zr.2H2.39H/c;;;;1-2;;;;;;;;;;;;;;;;;;;;;;;;;;;;;;;;;;;;;;;;;;;;;;;;;;;;;;;;;;;;;;;;;;;;;;;;;;;;;;;;;;;;;;;;;;;;;/h;;1H3;;;;;;;;;;;;;;;1H4;;;;;;;;;;;;;;;;;;;;;;;1H2;;;1H2;1H4;;;;;1H2;;;;;;;;2*1H;;;;;;;;;;;;;;;;;;;;;;;;;;;;;;;;;;;;;;;/q;;;;;;2*+2;;+2;;;;+1;;;;;;;;;+1;;+1;+2;;;+1;;;;;;;;+1;;;;;;;;;;+2;;;;;;;;;;;;;;;;;;;;;;;;;;;;;;;;;;;;;15*-1/i;;;;;;;;;;;;;;;;;;;;;;;;;;;;;;;;;;;;;;;;;;;;;;;;;;;;;;;;;1+2T;1+2;;;;;;;;;;;;;;;;;;;;;;;;;;;;;;;;;;;;;;;. The third-order valence-corrected chi connectivity index (χ3v) is 0. The molecule has 0 amide bonds. The number of hydrogen-bond acceptors (Lipinski definition) is 0.